The predicted molar refractivity (Wildman–Crippen MR) is 68.9 cm³/mol. The Labute approximate surface area is 114 Å². The van der Waals surface area contributed by atoms with E-state index >= 15 is 0 Å². The highest BCUT2D eigenvalue weighted by molar-refractivity contribution is 6.34. The standard InChI is InChI=1S/C13H9Cl2FO2/c14-9-3-10(15)5-13(4-9)18-12-2-8(7-17)1-11(16)6-12/h1-6,17H,7H2. The molecule has 0 atom stereocenters. The molecule has 2 nitrogen and oxygen atoms in total. The summed E-state index contributed by atoms with van der Waals surface area (Å²) in [7, 11) is 0. The van der Waals surface area contributed by atoms with Gasteiger partial charge in [-0.2, -0.15) is 0 Å². The quantitative estimate of drug-likeness (QED) is 0.905. The van der Waals surface area contributed by atoms with Gasteiger partial charge in [0.2, 0.25) is 0 Å². The Balaban J connectivity index is 2.30. The van der Waals surface area contributed by atoms with E-state index in [1.165, 1.54) is 18.2 Å². The summed E-state index contributed by atoms with van der Waals surface area (Å²) >= 11 is 11.7. The third-order valence-corrected chi connectivity index (χ3v) is 2.62. The van der Waals surface area contributed by atoms with Crippen molar-refractivity contribution in [3.63, 3.8) is 0 Å². The zero-order valence-electron chi connectivity index (χ0n) is 9.16. The first-order valence-electron chi connectivity index (χ1n) is 5.11. The smallest absolute Gasteiger partial charge is 0.130 e. The molecule has 0 aromatic heterocycles. The molecule has 0 amide bonds. The van der Waals surface area contributed by atoms with Crippen molar-refractivity contribution >= 4 is 23.2 Å². The van der Waals surface area contributed by atoms with E-state index in [4.69, 9.17) is 33.0 Å². The number of hydrogen-bond acceptors (Lipinski definition) is 2. The molecule has 0 heterocycles. The molecule has 5 heteroatoms. The Morgan fingerprint density at radius 1 is 0.944 bits per heavy atom. The molecule has 18 heavy (non-hydrogen) atoms. The van der Waals surface area contributed by atoms with Crippen LogP contribution >= 0.6 is 23.2 Å². The molecule has 0 spiro atoms. The minimum absolute atomic E-state index is 0.260. The van der Waals surface area contributed by atoms with Crippen LogP contribution in [0.5, 0.6) is 11.5 Å². The fourth-order valence-electron chi connectivity index (χ4n) is 1.49. The van der Waals surface area contributed by atoms with Crippen LogP contribution in [0, 0.1) is 5.82 Å². The van der Waals surface area contributed by atoms with Crippen molar-refractivity contribution in [2.24, 2.45) is 0 Å². The van der Waals surface area contributed by atoms with Crippen LogP contribution < -0.4 is 4.74 Å². The number of aliphatic hydroxyl groups is 1. The van der Waals surface area contributed by atoms with E-state index in [-0.39, 0.29) is 12.4 Å². The first-order chi connectivity index (χ1) is 8.56. The van der Waals surface area contributed by atoms with Gasteiger partial charge in [-0.25, -0.2) is 4.39 Å². The lowest BCUT2D eigenvalue weighted by molar-refractivity contribution is 0.280. The minimum Gasteiger partial charge on any atom is -0.457 e. The van der Waals surface area contributed by atoms with E-state index < -0.39 is 5.82 Å². The fraction of sp³-hybridized carbons (Fsp3) is 0.0769. The minimum atomic E-state index is -0.482. The summed E-state index contributed by atoms with van der Waals surface area (Å²) in [6.45, 7) is -0.260. The molecular formula is C13H9Cl2FO2. The largest absolute Gasteiger partial charge is 0.457 e. The molecular weight excluding hydrogens is 278 g/mol. The Morgan fingerprint density at radius 3 is 2.17 bits per heavy atom. The summed E-state index contributed by atoms with van der Waals surface area (Å²) in [4.78, 5) is 0. The highest BCUT2D eigenvalue weighted by Crippen LogP contribution is 2.29. The topological polar surface area (TPSA) is 29.5 Å². The second-order valence-corrected chi connectivity index (χ2v) is 4.53. The predicted octanol–water partition coefficient (Wildman–Crippen LogP) is 4.42. The van der Waals surface area contributed by atoms with Gasteiger partial charge in [0, 0.05) is 16.1 Å². The molecule has 0 fully saturated rings. The number of rotatable bonds is 3. The fourth-order valence-corrected chi connectivity index (χ4v) is 2.00. The lowest BCUT2D eigenvalue weighted by Gasteiger charge is -2.08. The van der Waals surface area contributed by atoms with E-state index in [0.29, 0.717) is 21.4 Å². The van der Waals surface area contributed by atoms with Crippen LogP contribution in [-0.2, 0) is 6.61 Å². The normalized spacial score (nSPS) is 10.4. The van der Waals surface area contributed by atoms with Crippen molar-refractivity contribution in [2.45, 2.75) is 6.61 Å². The van der Waals surface area contributed by atoms with Gasteiger partial charge in [0.25, 0.3) is 0 Å². The monoisotopic (exact) mass is 286 g/mol. The van der Waals surface area contributed by atoms with Gasteiger partial charge in [-0.1, -0.05) is 23.2 Å². The highest BCUT2D eigenvalue weighted by atomic mass is 35.5. The van der Waals surface area contributed by atoms with Gasteiger partial charge in [-0.3, -0.25) is 0 Å². The maximum absolute atomic E-state index is 13.2. The Morgan fingerprint density at radius 2 is 1.56 bits per heavy atom. The zero-order chi connectivity index (χ0) is 13.1. The van der Waals surface area contributed by atoms with Crippen LogP contribution in [0.3, 0.4) is 0 Å². The van der Waals surface area contributed by atoms with Gasteiger partial charge in [0.15, 0.2) is 0 Å². The average Bonchev–Trinajstić information content (AvgIpc) is 2.26. The van der Waals surface area contributed by atoms with Gasteiger partial charge in [-0.15, -0.1) is 0 Å². The van der Waals surface area contributed by atoms with Gasteiger partial charge in [-0.05, 0) is 35.9 Å². The number of hydrogen-bond donors (Lipinski definition) is 1. The van der Waals surface area contributed by atoms with Crippen molar-refractivity contribution in [1.82, 2.24) is 0 Å². The Kier molecular flexibility index (Phi) is 4.07. The van der Waals surface area contributed by atoms with Gasteiger partial charge >= 0.3 is 0 Å². The van der Waals surface area contributed by atoms with E-state index in [9.17, 15) is 4.39 Å². The van der Waals surface area contributed by atoms with Crippen LogP contribution in [0.1, 0.15) is 5.56 Å². The van der Waals surface area contributed by atoms with Crippen LogP contribution in [0.2, 0.25) is 10.0 Å². The zero-order valence-corrected chi connectivity index (χ0v) is 10.7. The molecule has 0 saturated carbocycles. The molecule has 2 aromatic carbocycles. The summed E-state index contributed by atoms with van der Waals surface area (Å²) in [5.41, 5.74) is 0.429. The summed E-state index contributed by atoms with van der Waals surface area (Å²) in [6.07, 6.45) is 0. The maximum Gasteiger partial charge on any atom is 0.130 e. The summed E-state index contributed by atoms with van der Waals surface area (Å²) in [5, 5.41) is 9.83. The lowest BCUT2D eigenvalue weighted by atomic mass is 10.2. The first kappa shape index (κ1) is 13.1. The molecule has 0 saturated heterocycles. The molecule has 0 aliphatic rings. The average molecular weight is 287 g/mol. The van der Waals surface area contributed by atoms with Gasteiger partial charge in [0.05, 0.1) is 6.61 Å². The maximum atomic E-state index is 13.2. The van der Waals surface area contributed by atoms with Crippen LogP contribution in [0.4, 0.5) is 4.39 Å². The van der Waals surface area contributed by atoms with Gasteiger partial charge < -0.3 is 9.84 Å². The lowest BCUT2D eigenvalue weighted by Crippen LogP contribution is -1.90. The highest BCUT2D eigenvalue weighted by Gasteiger charge is 2.04. The SMILES string of the molecule is OCc1cc(F)cc(Oc2cc(Cl)cc(Cl)c2)c1. The molecule has 0 radical (unpaired) electrons. The van der Waals surface area contributed by atoms with Crippen molar-refractivity contribution < 1.29 is 14.2 Å². The van der Waals surface area contributed by atoms with E-state index in [1.54, 1.807) is 18.2 Å². The van der Waals surface area contributed by atoms with Crippen molar-refractivity contribution in [2.75, 3.05) is 0 Å². The van der Waals surface area contributed by atoms with E-state index in [2.05, 4.69) is 0 Å². The second kappa shape index (κ2) is 5.57. The molecule has 1 N–H and O–H groups in total. The summed E-state index contributed by atoms with van der Waals surface area (Å²) in [6, 6.07) is 8.69. The van der Waals surface area contributed by atoms with Crippen LogP contribution in [0.15, 0.2) is 36.4 Å². The molecule has 2 rings (SSSR count). The molecule has 0 unspecified atom stereocenters. The first-order valence-corrected chi connectivity index (χ1v) is 5.87. The number of benzene rings is 2. The van der Waals surface area contributed by atoms with Gasteiger partial charge in [0.1, 0.15) is 17.3 Å². The Bertz CT molecular complexity index is 553. The van der Waals surface area contributed by atoms with Crippen LogP contribution in [-0.4, -0.2) is 5.11 Å². The Hall–Kier alpha value is -1.29. The third kappa shape index (κ3) is 3.35. The number of ether oxygens (including phenoxy) is 1. The molecule has 0 aliphatic carbocycles. The molecule has 0 bridgehead atoms. The number of aliphatic hydroxyl groups excluding tert-OH is 1. The van der Waals surface area contributed by atoms with Crippen molar-refractivity contribution in [3.05, 3.63) is 57.8 Å². The third-order valence-electron chi connectivity index (χ3n) is 2.19. The summed E-state index contributed by atoms with van der Waals surface area (Å²) < 4.78 is 18.7. The summed E-state index contributed by atoms with van der Waals surface area (Å²) in [5.74, 6) is 0.198. The molecule has 2 aromatic rings. The van der Waals surface area contributed by atoms with Crippen molar-refractivity contribution in [1.29, 1.82) is 0 Å². The second-order valence-electron chi connectivity index (χ2n) is 3.66. The van der Waals surface area contributed by atoms with E-state index in [1.807, 2.05) is 0 Å². The molecule has 94 valence electrons. The van der Waals surface area contributed by atoms with Crippen molar-refractivity contribution in [3.8, 4) is 11.5 Å². The van der Waals surface area contributed by atoms with E-state index in [0.717, 1.165) is 0 Å². The molecule has 0 aliphatic heterocycles. The number of halogens is 3. The van der Waals surface area contributed by atoms with Crippen LogP contribution in [0.25, 0.3) is 0 Å².